The average Bonchev–Trinajstić information content (AvgIpc) is 2.29. The van der Waals surface area contributed by atoms with E-state index in [-0.39, 0.29) is 0 Å². The first kappa shape index (κ1) is 12.2. The zero-order valence-electron chi connectivity index (χ0n) is 9.45. The van der Waals surface area contributed by atoms with Crippen LogP contribution < -0.4 is 5.48 Å². The highest BCUT2D eigenvalue weighted by atomic mass is 16.7. The monoisotopic (exact) mass is 209 g/mol. The van der Waals surface area contributed by atoms with Crippen molar-refractivity contribution in [2.45, 2.75) is 19.9 Å². The summed E-state index contributed by atoms with van der Waals surface area (Å²) in [5, 5.41) is 0. The molecule has 0 atom stereocenters. The van der Waals surface area contributed by atoms with Crippen molar-refractivity contribution in [2.24, 2.45) is 0 Å². The van der Waals surface area contributed by atoms with E-state index in [1.807, 2.05) is 6.07 Å². The van der Waals surface area contributed by atoms with E-state index in [0.717, 1.165) is 13.0 Å². The van der Waals surface area contributed by atoms with E-state index in [0.29, 0.717) is 13.2 Å². The third kappa shape index (κ3) is 4.42. The molecule has 0 unspecified atom stereocenters. The Morgan fingerprint density at radius 1 is 1.13 bits per heavy atom. The molecular weight excluding hydrogens is 190 g/mol. The lowest BCUT2D eigenvalue weighted by Gasteiger charge is -2.09. The highest BCUT2D eigenvalue weighted by molar-refractivity contribution is 5.26. The molecule has 3 nitrogen and oxygen atoms in total. The van der Waals surface area contributed by atoms with Crippen LogP contribution in [0.5, 0.6) is 0 Å². The van der Waals surface area contributed by atoms with Gasteiger partial charge in [0.05, 0.1) is 13.2 Å². The van der Waals surface area contributed by atoms with Crippen LogP contribution in [0.25, 0.3) is 0 Å². The standard InChI is InChI=1S/C12H19NO2/c1-3-11-6-4-5-7-12(11)10-13-15-9-8-14-2/h4-7,13H,3,8-10H2,1-2H3. The maximum Gasteiger partial charge on any atom is 0.0916 e. The first-order chi connectivity index (χ1) is 7.38. The first-order valence-electron chi connectivity index (χ1n) is 5.28. The van der Waals surface area contributed by atoms with E-state index in [4.69, 9.17) is 9.57 Å². The van der Waals surface area contributed by atoms with Gasteiger partial charge in [0.2, 0.25) is 0 Å². The zero-order valence-corrected chi connectivity index (χ0v) is 9.45. The van der Waals surface area contributed by atoms with Gasteiger partial charge in [0.1, 0.15) is 0 Å². The minimum atomic E-state index is 0.574. The molecule has 0 fully saturated rings. The van der Waals surface area contributed by atoms with Gasteiger partial charge in [-0.1, -0.05) is 31.2 Å². The van der Waals surface area contributed by atoms with Crippen molar-refractivity contribution >= 4 is 0 Å². The highest BCUT2D eigenvalue weighted by Crippen LogP contribution is 2.08. The van der Waals surface area contributed by atoms with Crippen LogP contribution in [0, 0.1) is 0 Å². The van der Waals surface area contributed by atoms with Crippen molar-refractivity contribution < 1.29 is 9.57 Å². The predicted octanol–water partition coefficient (Wildman–Crippen LogP) is 1.92. The number of ether oxygens (including phenoxy) is 1. The lowest BCUT2D eigenvalue weighted by molar-refractivity contribution is 0.00337. The molecule has 1 aromatic rings. The molecule has 0 radical (unpaired) electrons. The Kier molecular flexibility index (Phi) is 6.00. The van der Waals surface area contributed by atoms with Crippen LogP contribution in [0.15, 0.2) is 24.3 Å². The average molecular weight is 209 g/mol. The Labute approximate surface area is 91.4 Å². The summed E-state index contributed by atoms with van der Waals surface area (Å²) in [7, 11) is 1.66. The molecule has 0 aliphatic carbocycles. The molecule has 0 spiro atoms. The van der Waals surface area contributed by atoms with Crippen molar-refractivity contribution in [3.63, 3.8) is 0 Å². The van der Waals surface area contributed by atoms with E-state index >= 15 is 0 Å². The van der Waals surface area contributed by atoms with Crippen LogP contribution in [0.1, 0.15) is 18.1 Å². The van der Waals surface area contributed by atoms with Crippen LogP contribution in [0.3, 0.4) is 0 Å². The van der Waals surface area contributed by atoms with Crippen LogP contribution in [0.2, 0.25) is 0 Å². The second-order valence-corrected chi connectivity index (χ2v) is 3.28. The van der Waals surface area contributed by atoms with E-state index in [9.17, 15) is 0 Å². The fourth-order valence-electron chi connectivity index (χ4n) is 1.40. The molecule has 1 aromatic carbocycles. The summed E-state index contributed by atoms with van der Waals surface area (Å²) < 4.78 is 4.87. The Balaban J connectivity index is 2.30. The molecule has 0 aromatic heterocycles. The minimum absolute atomic E-state index is 0.574. The second kappa shape index (κ2) is 7.40. The summed E-state index contributed by atoms with van der Waals surface area (Å²) in [5.41, 5.74) is 5.58. The van der Waals surface area contributed by atoms with Gasteiger partial charge in [-0.3, -0.25) is 4.84 Å². The molecule has 1 rings (SSSR count). The Morgan fingerprint density at radius 3 is 2.53 bits per heavy atom. The molecule has 0 heterocycles. The van der Waals surface area contributed by atoms with Crippen molar-refractivity contribution in [3.05, 3.63) is 35.4 Å². The quantitative estimate of drug-likeness (QED) is 0.549. The predicted molar refractivity (Wildman–Crippen MR) is 60.5 cm³/mol. The number of benzene rings is 1. The van der Waals surface area contributed by atoms with Crippen LogP contribution in [0.4, 0.5) is 0 Å². The van der Waals surface area contributed by atoms with Crippen molar-refractivity contribution in [2.75, 3.05) is 20.3 Å². The van der Waals surface area contributed by atoms with Gasteiger partial charge in [-0.15, -0.1) is 0 Å². The Morgan fingerprint density at radius 2 is 1.87 bits per heavy atom. The molecule has 0 saturated carbocycles. The molecule has 0 bridgehead atoms. The molecule has 0 saturated heterocycles. The molecule has 3 heteroatoms. The molecule has 84 valence electrons. The summed E-state index contributed by atoms with van der Waals surface area (Å²) in [6, 6.07) is 8.37. The van der Waals surface area contributed by atoms with Gasteiger partial charge in [0, 0.05) is 13.7 Å². The molecule has 0 amide bonds. The number of methoxy groups -OCH3 is 1. The number of hydrogen-bond donors (Lipinski definition) is 1. The molecule has 0 aliphatic heterocycles. The minimum Gasteiger partial charge on any atom is -0.382 e. The van der Waals surface area contributed by atoms with Crippen LogP contribution in [-0.4, -0.2) is 20.3 Å². The van der Waals surface area contributed by atoms with E-state index in [2.05, 4.69) is 30.6 Å². The SMILES string of the molecule is CCc1ccccc1CNOCCOC. The zero-order chi connectivity index (χ0) is 10.9. The summed E-state index contributed by atoms with van der Waals surface area (Å²) in [6.07, 6.45) is 1.05. The van der Waals surface area contributed by atoms with E-state index in [1.54, 1.807) is 7.11 Å². The fraction of sp³-hybridized carbons (Fsp3) is 0.500. The normalized spacial score (nSPS) is 10.5. The molecule has 15 heavy (non-hydrogen) atoms. The topological polar surface area (TPSA) is 30.5 Å². The maximum absolute atomic E-state index is 5.20. The smallest absolute Gasteiger partial charge is 0.0916 e. The van der Waals surface area contributed by atoms with Crippen LogP contribution in [-0.2, 0) is 22.5 Å². The Bertz CT molecular complexity index is 276. The molecule has 1 N–H and O–H groups in total. The van der Waals surface area contributed by atoms with Crippen molar-refractivity contribution in [1.29, 1.82) is 0 Å². The van der Waals surface area contributed by atoms with E-state index < -0.39 is 0 Å². The van der Waals surface area contributed by atoms with Gasteiger partial charge in [-0.2, -0.15) is 5.48 Å². The van der Waals surface area contributed by atoms with Crippen molar-refractivity contribution in [1.82, 2.24) is 5.48 Å². The first-order valence-corrected chi connectivity index (χ1v) is 5.28. The van der Waals surface area contributed by atoms with Gasteiger partial charge in [0.25, 0.3) is 0 Å². The highest BCUT2D eigenvalue weighted by Gasteiger charge is 1.98. The number of rotatable bonds is 7. The van der Waals surface area contributed by atoms with Crippen molar-refractivity contribution in [3.8, 4) is 0 Å². The third-order valence-corrected chi connectivity index (χ3v) is 2.25. The lowest BCUT2D eigenvalue weighted by Crippen LogP contribution is -2.17. The summed E-state index contributed by atoms with van der Waals surface area (Å²) in [4.78, 5) is 5.20. The fourth-order valence-corrected chi connectivity index (χ4v) is 1.40. The van der Waals surface area contributed by atoms with Gasteiger partial charge in [-0.05, 0) is 17.5 Å². The molecule has 0 aliphatic rings. The molecular formula is C12H19NO2. The second-order valence-electron chi connectivity index (χ2n) is 3.28. The number of nitrogens with one attached hydrogen (secondary N) is 1. The summed E-state index contributed by atoms with van der Waals surface area (Å²) in [5.74, 6) is 0. The van der Waals surface area contributed by atoms with Gasteiger partial charge in [0.15, 0.2) is 0 Å². The van der Waals surface area contributed by atoms with Gasteiger partial charge >= 0.3 is 0 Å². The van der Waals surface area contributed by atoms with Crippen LogP contribution >= 0.6 is 0 Å². The number of aryl methyl sites for hydroxylation is 1. The summed E-state index contributed by atoms with van der Waals surface area (Å²) in [6.45, 7) is 4.09. The largest absolute Gasteiger partial charge is 0.382 e. The summed E-state index contributed by atoms with van der Waals surface area (Å²) >= 11 is 0. The third-order valence-electron chi connectivity index (χ3n) is 2.25. The van der Waals surface area contributed by atoms with Gasteiger partial charge < -0.3 is 4.74 Å². The lowest BCUT2D eigenvalue weighted by atomic mass is 10.1. The Hall–Kier alpha value is -0.900. The van der Waals surface area contributed by atoms with E-state index in [1.165, 1.54) is 11.1 Å². The number of hydrogen-bond acceptors (Lipinski definition) is 3. The maximum atomic E-state index is 5.20. The van der Waals surface area contributed by atoms with Gasteiger partial charge in [-0.25, -0.2) is 0 Å². The number of hydroxylamine groups is 1.